The number of hydrogen-bond donors (Lipinski definition) is 1. The molecule has 1 N–H and O–H groups in total. The van der Waals surface area contributed by atoms with Crippen LogP contribution in [0.15, 0.2) is 16.3 Å². The number of thiophene rings is 1. The van der Waals surface area contributed by atoms with Gasteiger partial charge in [-0.1, -0.05) is 0 Å². The summed E-state index contributed by atoms with van der Waals surface area (Å²) in [4.78, 5) is 13.4. The monoisotopic (exact) mass is 352 g/mol. The van der Waals surface area contributed by atoms with E-state index in [1.54, 1.807) is 4.90 Å². The molecular formula is C13H18F2N2O3S2. The van der Waals surface area contributed by atoms with Crippen molar-refractivity contribution in [3.05, 3.63) is 16.3 Å². The van der Waals surface area contributed by atoms with Gasteiger partial charge in [-0.15, -0.1) is 11.3 Å². The Labute approximate surface area is 132 Å². The lowest BCUT2D eigenvalue weighted by Crippen LogP contribution is -2.42. The molecule has 1 amide bonds. The van der Waals surface area contributed by atoms with E-state index in [1.807, 2.05) is 7.05 Å². The maximum atomic E-state index is 12.7. The van der Waals surface area contributed by atoms with Crippen LogP contribution in [0, 0.1) is 5.92 Å². The zero-order chi connectivity index (χ0) is 16.3. The van der Waals surface area contributed by atoms with Crippen molar-refractivity contribution in [3.63, 3.8) is 0 Å². The van der Waals surface area contributed by atoms with Gasteiger partial charge in [0.05, 0.1) is 4.90 Å². The van der Waals surface area contributed by atoms with Gasteiger partial charge in [0.1, 0.15) is 4.88 Å². The highest BCUT2D eigenvalue weighted by Crippen LogP contribution is 2.29. The van der Waals surface area contributed by atoms with E-state index in [4.69, 9.17) is 0 Å². The van der Waals surface area contributed by atoms with Crippen molar-refractivity contribution in [2.45, 2.75) is 23.5 Å². The van der Waals surface area contributed by atoms with E-state index in [-0.39, 0.29) is 10.8 Å². The number of likely N-dealkylation sites (tertiary alicyclic amines) is 1. The van der Waals surface area contributed by atoms with Crippen LogP contribution < -0.4 is 5.32 Å². The van der Waals surface area contributed by atoms with Crippen LogP contribution in [0.5, 0.6) is 0 Å². The molecule has 0 saturated carbocycles. The quantitative estimate of drug-likeness (QED) is 0.878. The Morgan fingerprint density at radius 1 is 1.55 bits per heavy atom. The molecule has 0 aliphatic carbocycles. The Bertz CT molecular complexity index is 629. The van der Waals surface area contributed by atoms with E-state index >= 15 is 0 Å². The second kappa shape index (κ2) is 7.01. The van der Waals surface area contributed by atoms with Gasteiger partial charge in [-0.25, -0.2) is 8.42 Å². The number of amides is 1. The Balaban J connectivity index is 2.22. The lowest BCUT2D eigenvalue weighted by atomic mass is 9.98. The third kappa shape index (κ3) is 3.47. The zero-order valence-corrected chi connectivity index (χ0v) is 13.7. The molecule has 0 radical (unpaired) electrons. The summed E-state index contributed by atoms with van der Waals surface area (Å²) in [6, 6.07) is 1.08. The van der Waals surface area contributed by atoms with Gasteiger partial charge >= 0.3 is 5.76 Å². The fourth-order valence-electron chi connectivity index (χ4n) is 2.62. The second-order valence-corrected chi connectivity index (χ2v) is 8.04. The largest absolute Gasteiger partial charge is 0.341 e. The molecule has 2 heterocycles. The Morgan fingerprint density at radius 3 is 2.91 bits per heavy atom. The molecule has 1 saturated heterocycles. The van der Waals surface area contributed by atoms with E-state index in [0.29, 0.717) is 13.1 Å². The lowest BCUT2D eigenvalue weighted by molar-refractivity contribution is 0.0675. The second-order valence-electron chi connectivity index (χ2n) is 5.24. The van der Waals surface area contributed by atoms with E-state index in [2.05, 4.69) is 5.32 Å². The van der Waals surface area contributed by atoms with Crippen LogP contribution in [0.3, 0.4) is 0 Å². The van der Waals surface area contributed by atoms with Crippen molar-refractivity contribution in [1.29, 1.82) is 0 Å². The summed E-state index contributed by atoms with van der Waals surface area (Å²) < 4.78 is 48.7. The van der Waals surface area contributed by atoms with Crippen LogP contribution in [0.1, 0.15) is 22.5 Å². The molecule has 1 aliphatic rings. The third-order valence-electron chi connectivity index (χ3n) is 3.66. The number of nitrogens with zero attached hydrogens (tertiary/aromatic N) is 1. The molecule has 5 nitrogen and oxygen atoms in total. The average molecular weight is 352 g/mol. The number of hydrogen-bond acceptors (Lipinski definition) is 5. The molecule has 2 rings (SSSR count). The minimum absolute atomic E-state index is 0.120. The van der Waals surface area contributed by atoms with E-state index in [0.717, 1.165) is 36.8 Å². The predicted octanol–water partition coefficient (Wildman–Crippen LogP) is 1.82. The number of alkyl halides is 2. The molecule has 9 heteroatoms. The molecule has 1 aliphatic heterocycles. The SMILES string of the molecule is CNCC1CCCN(C(=O)c2sccc2S(=O)(=O)C(F)F)C1. The summed E-state index contributed by atoms with van der Waals surface area (Å²) in [5.74, 6) is -3.71. The Morgan fingerprint density at radius 2 is 2.27 bits per heavy atom. The van der Waals surface area contributed by atoms with Crippen LogP contribution >= 0.6 is 11.3 Å². The normalized spacial score (nSPS) is 19.6. The first kappa shape index (κ1) is 17.3. The molecule has 1 fully saturated rings. The Kier molecular flexibility index (Phi) is 5.51. The average Bonchev–Trinajstić information content (AvgIpc) is 2.97. The summed E-state index contributed by atoms with van der Waals surface area (Å²) in [6.45, 7) is 1.78. The molecule has 22 heavy (non-hydrogen) atoms. The van der Waals surface area contributed by atoms with Crippen molar-refractivity contribution in [2.24, 2.45) is 5.92 Å². The standard InChI is InChI=1S/C13H18F2N2O3S2/c1-16-7-9-3-2-5-17(8-9)12(18)11-10(4-6-21-11)22(19,20)13(14)15/h4,6,9,13,16H,2-3,5,7-8H2,1H3. The van der Waals surface area contributed by atoms with Crippen LogP contribution in [0.4, 0.5) is 8.78 Å². The summed E-state index contributed by atoms with van der Waals surface area (Å²) in [6.07, 6.45) is 1.80. The fraction of sp³-hybridized carbons (Fsp3) is 0.615. The maximum Gasteiger partial charge on any atom is 0.341 e. The van der Waals surface area contributed by atoms with E-state index in [1.165, 1.54) is 5.38 Å². The number of piperidine rings is 1. The topological polar surface area (TPSA) is 66.5 Å². The number of rotatable bonds is 5. The third-order valence-corrected chi connectivity index (χ3v) is 6.12. The molecule has 1 atom stereocenters. The van der Waals surface area contributed by atoms with Gasteiger partial charge in [0.2, 0.25) is 9.84 Å². The predicted molar refractivity (Wildman–Crippen MR) is 80.1 cm³/mol. The molecule has 1 unspecified atom stereocenters. The summed E-state index contributed by atoms with van der Waals surface area (Å²) in [5, 5.41) is 4.41. The van der Waals surface area contributed by atoms with Gasteiger partial charge < -0.3 is 10.2 Å². The summed E-state index contributed by atoms with van der Waals surface area (Å²) >= 11 is 0.891. The maximum absolute atomic E-state index is 12.7. The first-order valence-electron chi connectivity index (χ1n) is 6.91. The van der Waals surface area contributed by atoms with Gasteiger partial charge in [0, 0.05) is 13.1 Å². The highest BCUT2D eigenvalue weighted by Gasteiger charge is 2.34. The van der Waals surface area contributed by atoms with Gasteiger partial charge in [-0.2, -0.15) is 8.78 Å². The molecule has 1 aromatic rings. The molecule has 0 aromatic carbocycles. The molecular weight excluding hydrogens is 334 g/mol. The molecule has 0 spiro atoms. The van der Waals surface area contributed by atoms with Crippen LogP contribution in [-0.4, -0.2) is 51.7 Å². The molecule has 0 bridgehead atoms. The van der Waals surface area contributed by atoms with Gasteiger partial charge in [0.25, 0.3) is 5.91 Å². The van der Waals surface area contributed by atoms with E-state index in [9.17, 15) is 22.0 Å². The van der Waals surface area contributed by atoms with Crippen LogP contribution in [0.2, 0.25) is 0 Å². The van der Waals surface area contributed by atoms with Crippen molar-refractivity contribution in [1.82, 2.24) is 10.2 Å². The number of halogens is 2. The highest BCUT2D eigenvalue weighted by atomic mass is 32.2. The Hall–Kier alpha value is -1.06. The first-order chi connectivity index (χ1) is 10.4. The molecule has 124 valence electrons. The van der Waals surface area contributed by atoms with Gasteiger partial charge in [-0.3, -0.25) is 4.79 Å². The first-order valence-corrected chi connectivity index (χ1v) is 9.34. The minimum atomic E-state index is -4.75. The summed E-state index contributed by atoms with van der Waals surface area (Å²) in [5.41, 5.74) is 0. The fourth-order valence-corrected chi connectivity index (χ4v) is 4.75. The van der Waals surface area contributed by atoms with Gasteiger partial charge in [0.15, 0.2) is 0 Å². The smallest absolute Gasteiger partial charge is 0.338 e. The van der Waals surface area contributed by atoms with Crippen molar-refractivity contribution < 1.29 is 22.0 Å². The minimum Gasteiger partial charge on any atom is -0.338 e. The number of carbonyl (C=O) groups excluding carboxylic acids is 1. The van der Waals surface area contributed by atoms with Crippen LogP contribution in [0.25, 0.3) is 0 Å². The number of nitrogens with one attached hydrogen (secondary N) is 1. The lowest BCUT2D eigenvalue weighted by Gasteiger charge is -2.32. The van der Waals surface area contributed by atoms with Crippen LogP contribution in [-0.2, 0) is 9.84 Å². The highest BCUT2D eigenvalue weighted by molar-refractivity contribution is 7.92. The van der Waals surface area contributed by atoms with Crippen molar-refractivity contribution >= 4 is 27.1 Å². The summed E-state index contributed by atoms with van der Waals surface area (Å²) in [7, 11) is -2.93. The number of sulfone groups is 1. The number of carbonyl (C=O) groups is 1. The zero-order valence-electron chi connectivity index (χ0n) is 12.1. The van der Waals surface area contributed by atoms with Crippen molar-refractivity contribution in [2.75, 3.05) is 26.7 Å². The van der Waals surface area contributed by atoms with E-state index < -0.39 is 26.4 Å². The molecule has 1 aromatic heterocycles. The van der Waals surface area contributed by atoms with Gasteiger partial charge in [-0.05, 0) is 43.8 Å². The van der Waals surface area contributed by atoms with Crippen molar-refractivity contribution in [3.8, 4) is 0 Å².